The molecule has 1 aliphatic heterocycles. The lowest BCUT2D eigenvalue weighted by Crippen LogP contribution is -2.39. The average molecular weight is 297 g/mol. The summed E-state index contributed by atoms with van der Waals surface area (Å²) in [7, 11) is 0. The van der Waals surface area contributed by atoms with E-state index in [1.165, 1.54) is 12.0 Å². The molecule has 1 amide bonds. The molecule has 1 aromatic carbocycles. The molecule has 3 nitrogen and oxygen atoms in total. The number of benzene rings is 1. The van der Waals surface area contributed by atoms with Crippen LogP contribution in [0.1, 0.15) is 44.6 Å². The van der Waals surface area contributed by atoms with Gasteiger partial charge in [-0.2, -0.15) is 0 Å². The Morgan fingerprint density at radius 1 is 1.35 bits per heavy atom. The normalized spacial score (nSPS) is 20.8. The molecule has 3 atom stereocenters. The molecule has 0 bridgehead atoms. The van der Waals surface area contributed by atoms with E-state index in [0.717, 1.165) is 13.0 Å². The Morgan fingerprint density at radius 3 is 2.65 bits per heavy atom. The number of hydrogen-bond donors (Lipinski definition) is 2. The van der Waals surface area contributed by atoms with Gasteiger partial charge in [-0.25, -0.2) is 0 Å². The predicted octanol–water partition coefficient (Wildman–Crippen LogP) is 2.86. The van der Waals surface area contributed by atoms with E-state index in [1.807, 2.05) is 18.2 Å². The second-order valence-electron chi connectivity index (χ2n) is 5.55. The number of carbonyl (C=O) groups excluding carboxylic acids is 1. The summed E-state index contributed by atoms with van der Waals surface area (Å²) in [5.74, 6) is 0.497. The maximum Gasteiger partial charge on any atom is 0.221 e. The van der Waals surface area contributed by atoms with E-state index < -0.39 is 0 Å². The van der Waals surface area contributed by atoms with Crippen molar-refractivity contribution in [3.8, 4) is 0 Å². The van der Waals surface area contributed by atoms with E-state index in [2.05, 4.69) is 36.6 Å². The first kappa shape index (κ1) is 17.0. The van der Waals surface area contributed by atoms with Crippen molar-refractivity contribution in [3.63, 3.8) is 0 Å². The highest BCUT2D eigenvalue weighted by Gasteiger charge is 2.20. The number of amides is 1. The smallest absolute Gasteiger partial charge is 0.221 e. The minimum absolute atomic E-state index is 0. The fourth-order valence-corrected chi connectivity index (χ4v) is 2.64. The number of rotatable bonds is 5. The third-order valence-corrected chi connectivity index (χ3v) is 4.06. The third-order valence-electron chi connectivity index (χ3n) is 4.06. The minimum atomic E-state index is 0. The van der Waals surface area contributed by atoms with Crippen LogP contribution in [0.15, 0.2) is 30.3 Å². The Kier molecular flexibility index (Phi) is 7.03. The monoisotopic (exact) mass is 296 g/mol. The Hall–Kier alpha value is -1.06. The molecule has 1 aliphatic rings. The molecular weight excluding hydrogens is 272 g/mol. The fourth-order valence-electron chi connectivity index (χ4n) is 2.64. The standard InChI is InChI=1S/C16H24N2O.ClH/c1-12(14-7-4-3-5-8-14)13(2)18-16(19)11-15-9-6-10-17-15;/h3-5,7-8,12-13,15,17H,6,9-11H2,1-2H3,(H,18,19);1H. The largest absolute Gasteiger partial charge is 0.353 e. The summed E-state index contributed by atoms with van der Waals surface area (Å²) >= 11 is 0. The highest BCUT2D eigenvalue weighted by atomic mass is 35.5. The first-order chi connectivity index (χ1) is 9.16. The average Bonchev–Trinajstić information content (AvgIpc) is 2.91. The first-order valence-electron chi connectivity index (χ1n) is 7.24. The van der Waals surface area contributed by atoms with Crippen LogP contribution in [0.4, 0.5) is 0 Å². The molecule has 2 N–H and O–H groups in total. The van der Waals surface area contributed by atoms with Crippen molar-refractivity contribution in [3.05, 3.63) is 35.9 Å². The van der Waals surface area contributed by atoms with Crippen LogP contribution in [-0.2, 0) is 4.79 Å². The Balaban J connectivity index is 0.00000200. The second-order valence-corrected chi connectivity index (χ2v) is 5.55. The molecule has 2 rings (SSSR count). The number of hydrogen-bond acceptors (Lipinski definition) is 2. The van der Waals surface area contributed by atoms with Gasteiger partial charge in [-0.1, -0.05) is 37.3 Å². The maximum atomic E-state index is 12.0. The van der Waals surface area contributed by atoms with Crippen LogP contribution in [0.25, 0.3) is 0 Å². The molecule has 1 heterocycles. The summed E-state index contributed by atoms with van der Waals surface area (Å²) in [5, 5.41) is 6.49. The lowest BCUT2D eigenvalue weighted by atomic mass is 9.94. The highest BCUT2D eigenvalue weighted by molar-refractivity contribution is 5.85. The van der Waals surface area contributed by atoms with E-state index in [4.69, 9.17) is 0 Å². The zero-order chi connectivity index (χ0) is 13.7. The van der Waals surface area contributed by atoms with Gasteiger partial charge in [-0.05, 0) is 31.9 Å². The summed E-state index contributed by atoms with van der Waals surface area (Å²) in [4.78, 5) is 12.0. The van der Waals surface area contributed by atoms with Gasteiger partial charge in [0.2, 0.25) is 5.91 Å². The predicted molar refractivity (Wildman–Crippen MR) is 85.4 cm³/mol. The summed E-state index contributed by atoms with van der Waals surface area (Å²) in [6, 6.07) is 10.9. The lowest BCUT2D eigenvalue weighted by Gasteiger charge is -2.22. The van der Waals surface area contributed by atoms with Gasteiger partial charge in [0.1, 0.15) is 0 Å². The van der Waals surface area contributed by atoms with Crippen molar-refractivity contribution in [1.29, 1.82) is 0 Å². The van der Waals surface area contributed by atoms with Crippen molar-refractivity contribution in [1.82, 2.24) is 10.6 Å². The topological polar surface area (TPSA) is 41.1 Å². The van der Waals surface area contributed by atoms with Gasteiger partial charge in [0.25, 0.3) is 0 Å². The van der Waals surface area contributed by atoms with Crippen LogP contribution in [0.3, 0.4) is 0 Å². The molecule has 1 fully saturated rings. The van der Waals surface area contributed by atoms with Gasteiger partial charge in [-0.15, -0.1) is 12.4 Å². The Bertz CT molecular complexity index is 404. The van der Waals surface area contributed by atoms with Crippen LogP contribution in [0.5, 0.6) is 0 Å². The molecule has 4 heteroatoms. The van der Waals surface area contributed by atoms with Crippen LogP contribution >= 0.6 is 12.4 Å². The molecule has 0 aromatic heterocycles. The van der Waals surface area contributed by atoms with Crippen molar-refractivity contribution >= 4 is 18.3 Å². The zero-order valence-electron chi connectivity index (χ0n) is 12.3. The molecule has 20 heavy (non-hydrogen) atoms. The first-order valence-corrected chi connectivity index (χ1v) is 7.24. The maximum absolute atomic E-state index is 12.0. The lowest BCUT2D eigenvalue weighted by molar-refractivity contribution is -0.122. The van der Waals surface area contributed by atoms with E-state index in [-0.39, 0.29) is 24.4 Å². The Labute approximate surface area is 127 Å². The van der Waals surface area contributed by atoms with Crippen molar-refractivity contribution in [2.45, 2.75) is 51.1 Å². The second kappa shape index (κ2) is 8.28. The number of halogens is 1. The zero-order valence-corrected chi connectivity index (χ0v) is 13.1. The van der Waals surface area contributed by atoms with Crippen LogP contribution in [-0.4, -0.2) is 24.5 Å². The molecule has 0 saturated carbocycles. The number of nitrogens with one attached hydrogen (secondary N) is 2. The molecule has 0 radical (unpaired) electrons. The molecule has 1 saturated heterocycles. The quantitative estimate of drug-likeness (QED) is 0.877. The van der Waals surface area contributed by atoms with Crippen LogP contribution in [0, 0.1) is 0 Å². The van der Waals surface area contributed by atoms with E-state index in [0.29, 0.717) is 18.4 Å². The van der Waals surface area contributed by atoms with Gasteiger partial charge >= 0.3 is 0 Å². The van der Waals surface area contributed by atoms with Gasteiger partial charge < -0.3 is 10.6 Å². The van der Waals surface area contributed by atoms with Crippen molar-refractivity contribution in [2.24, 2.45) is 0 Å². The molecule has 112 valence electrons. The molecule has 3 unspecified atom stereocenters. The molecule has 0 aliphatic carbocycles. The van der Waals surface area contributed by atoms with Crippen LogP contribution in [0.2, 0.25) is 0 Å². The summed E-state index contributed by atoms with van der Waals surface area (Å²) < 4.78 is 0. The number of carbonyl (C=O) groups is 1. The Morgan fingerprint density at radius 2 is 2.05 bits per heavy atom. The molecular formula is C16H25ClN2O. The van der Waals surface area contributed by atoms with Gasteiger partial charge in [0, 0.05) is 24.4 Å². The molecule has 0 spiro atoms. The van der Waals surface area contributed by atoms with Gasteiger partial charge in [-0.3, -0.25) is 4.79 Å². The van der Waals surface area contributed by atoms with Crippen molar-refractivity contribution in [2.75, 3.05) is 6.54 Å². The van der Waals surface area contributed by atoms with E-state index in [1.54, 1.807) is 0 Å². The SMILES string of the molecule is CC(NC(=O)CC1CCCN1)C(C)c1ccccc1.Cl. The summed E-state index contributed by atoms with van der Waals surface area (Å²) in [5.41, 5.74) is 1.27. The van der Waals surface area contributed by atoms with E-state index in [9.17, 15) is 4.79 Å². The summed E-state index contributed by atoms with van der Waals surface area (Å²) in [6.45, 7) is 5.29. The fraction of sp³-hybridized carbons (Fsp3) is 0.562. The third kappa shape index (κ3) is 4.80. The highest BCUT2D eigenvalue weighted by Crippen LogP contribution is 2.18. The molecule has 1 aromatic rings. The summed E-state index contributed by atoms with van der Waals surface area (Å²) in [6.07, 6.45) is 2.91. The van der Waals surface area contributed by atoms with Crippen molar-refractivity contribution < 1.29 is 4.79 Å². The van der Waals surface area contributed by atoms with Gasteiger partial charge in [0.05, 0.1) is 0 Å². The van der Waals surface area contributed by atoms with E-state index >= 15 is 0 Å². The minimum Gasteiger partial charge on any atom is -0.353 e. The van der Waals surface area contributed by atoms with Gasteiger partial charge in [0.15, 0.2) is 0 Å². The van der Waals surface area contributed by atoms with Crippen LogP contribution < -0.4 is 10.6 Å².